The Kier molecular flexibility index (Phi) is 5.69. The van der Waals surface area contributed by atoms with Crippen LogP contribution >= 0.6 is 22.6 Å². The largest absolute Gasteiger partial charge is 0.466 e. The van der Waals surface area contributed by atoms with Gasteiger partial charge in [-0.05, 0) is 26.7 Å². The van der Waals surface area contributed by atoms with Crippen LogP contribution in [0.15, 0.2) is 0 Å². The van der Waals surface area contributed by atoms with E-state index in [9.17, 15) is 18.0 Å². The van der Waals surface area contributed by atoms with E-state index < -0.39 is 18.4 Å². The van der Waals surface area contributed by atoms with Crippen molar-refractivity contribution >= 4 is 28.6 Å². The molecule has 0 saturated heterocycles. The summed E-state index contributed by atoms with van der Waals surface area (Å²) in [7, 11) is 0. The Morgan fingerprint density at radius 2 is 2.06 bits per heavy atom. The third-order valence-electron chi connectivity index (χ3n) is 2.89. The number of ether oxygens (including phenoxy) is 2. The average Bonchev–Trinajstić information content (AvgIpc) is 2.59. The molecule has 0 heterocycles. The van der Waals surface area contributed by atoms with Crippen molar-refractivity contribution < 1.29 is 27.4 Å². The fourth-order valence-corrected chi connectivity index (χ4v) is 2.96. The Balaban J connectivity index is 2.52. The molecule has 0 N–H and O–H groups in total. The van der Waals surface area contributed by atoms with E-state index in [1.165, 1.54) is 0 Å². The fourth-order valence-electron chi connectivity index (χ4n) is 1.88. The summed E-state index contributed by atoms with van der Waals surface area (Å²) < 4.78 is 46.9. The zero-order valence-electron chi connectivity index (χ0n) is 10.2. The molecule has 0 aromatic carbocycles. The Hall–Kier alpha value is -0.0500. The van der Waals surface area contributed by atoms with E-state index in [2.05, 4.69) is 0 Å². The van der Waals surface area contributed by atoms with Crippen LogP contribution < -0.4 is 0 Å². The number of alkyl halides is 4. The minimum atomic E-state index is -4.36. The van der Waals surface area contributed by atoms with Gasteiger partial charge in [-0.3, -0.25) is 4.79 Å². The average molecular weight is 380 g/mol. The summed E-state index contributed by atoms with van der Waals surface area (Å²) in [6.07, 6.45) is -5.91. The van der Waals surface area contributed by atoms with Crippen molar-refractivity contribution in [2.75, 3.05) is 6.61 Å². The molecule has 0 amide bonds. The monoisotopic (exact) mass is 380 g/mol. The van der Waals surface area contributed by atoms with Crippen LogP contribution in [-0.4, -0.2) is 34.9 Å². The van der Waals surface area contributed by atoms with Crippen LogP contribution in [0.2, 0.25) is 0 Å². The van der Waals surface area contributed by atoms with Crippen molar-refractivity contribution in [1.82, 2.24) is 0 Å². The molecular formula is C11H16F3IO3. The molecule has 7 heteroatoms. The molecule has 0 bridgehead atoms. The normalized spacial score (nSPS) is 30.2. The van der Waals surface area contributed by atoms with Crippen LogP contribution in [0.5, 0.6) is 0 Å². The first-order chi connectivity index (χ1) is 8.25. The Morgan fingerprint density at radius 1 is 1.44 bits per heavy atom. The minimum Gasteiger partial charge on any atom is -0.466 e. The number of carbonyl (C=O) groups excluding carboxylic acids is 1. The van der Waals surface area contributed by atoms with Crippen LogP contribution in [0.1, 0.15) is 26.7 Å². The van der Waals surface area contributed by atoms with Gasteiger partial charge in [0.25, 0.3) is 0 Å². The lowest BCUT2D eigenvalue weighted by molar-refractivity contribution is -0.225. The lowest BCUT2D eigenvalue weighted by Crippen LogP contribution is -2.34. The third kappa shape index (κ3) is 4.25. The summed E-state index contributed by atoms with van der Waals surface area (Å²) in [5.74, 6) is -0.692. The van der Waals surface area contributed by atoms with Gasteiger partial charge in [0.05, 0.1) is 18.6 Å². The fraction of sp³-hybridized carbons (Fsp3) is 0.909. The molecule has 4 unspecified atom stereocenters. The second-order valence-corrected chi connectivity index (χ2v) is 5.89. The molecule has 18 heavy (non-hydrogen) atoms. The molecule has 4 atom stereocenters. The number of halogens is 4. The van der Waals surface area contributed by atoms with Crippen molar-refractivity contribution in [3.8, 4) is 0 Å². The van der Waals surface area contributed by atoms with Crippen molar-refractivity contribution in [2.45, 2.75) is 49.0 Å². The van der Waals surface area contributed by atoms with E-state index in [1.807, 2.05) is 22.6 Å². The summed E-state index contributed by atoms with van der Waals surface area (Å²) in [6.45, 7) is 2.97. The number of hydrogen-bond donors (Lipinski definition) is 0. The highest BCUT2D eigenvalue weighted by Gasteiger charge is 2.44. The molecule has 1 aliphatic rings. The number of rotatable bonds is 4. The molecule has 1 aliphatic carbocycles. The van der Waals surface area contributed by atoms with Crippen molar-refractivity contribution in [2.24, 2.45) is 5.92 Å². The van der Waals surface area contributed by atoms with Gasteiger partial charge in [0.15, 0.2) is 6.10 Å². The molecule has 1 fully saturated rings. The predicted molar refractivity (Wildman–Crippen MR) is 67.6 cm³/mol. The quantitative estimate of drug-likeness (QED) is 0.427. The maximum atomic E-state index is 12.4. The Morgan fingerprint density at radius 3 is 2.56 bits per heavy atom. The van der Waals surface area contributed by atoms with Crippen molar-refractivity contribution in [1.29, 1.82) is 0 Å². The summed E-state index contributed by atoms with van der Waals surface area (Å²) in [5, 5.41) is 0. The maximum Gasteiger partial charge on any atom is 0.414 e. The summed E-state index contributed by atoms with van der Waals surface area (Å²) in [5.41, 5.74) is 0. The van der Waals surface area contributed by atoms with E-state index in [-0.39, 0.29) is 22.4 Å². The second-order valence-electron chi connectivity index (χ2n) is 4.29. The molecule has 106 valence electrons. The zero-order chi connectivity index (χ0) is 13.9. The highest BCUT2D eigenvalue weighted by Crippen LogP contribution is 2.36. The lowest BCUT2D eigenvalue weighted by atomic mass is 10.1. The first-order valence-corrected chi connectivity index (χ1v) is 7.03. The molecule has 1 rings (SSSR count). The highest BCUT2D eigenvalue weighted by molar-refractivity contribution is 14.1. The van der Waals surface area contributed by atoms with Gasteiger partial charge in [-0.2, -0.15) is 13.2 Å². The Labute approximate surface area is 118 Å². The Bertz CT molecular complexity index is 296. The molecule has 0 aromatic rings. The third-order valence-corrected chi connectivity index (χ3v) is 4.20. The highest BCUT2D eigenvalue weighted by atomic mass is 127. The van der Waals surface area contributed by atoms with Gasteiger partial charge in [0, 0.05) is 3.92 Å². The molecule has 0 aromatic heterocycles. The summed E-state index contributed by atoms with van der Waals surface area (Å²) in [6, 6.07) is 0. The predicted octanol–water partition coefficient (Wildman–Crippen LogP) is 3.10. The van der Waals surface area contributed by atoms with Gasteiger partial charge in [-0.1, -0.05) is 22.6 Å². The molecule has 3 nitrogen and oxygen atoms in total. The van der Waals surface area contributed by atoms with E-state index in [0.29, 0.717) is 12.8 Å². The van der Waals surface area contributed by atoms with E-state index in [0.717, 1.165) is 6.92 Å². The van der Waals surface area contributed by atoms with E-state index in [1.54, 1.807) is 6.92 Å². The number of esters is 1. The van der Waals surface area contributed by atoms with Gasteiger partial charge >= 0.3 is 12.1 Å². The lowest BCUT2D eigenvalue weighted by Gasteiger charge is -2.22. The summed E-state index contributed by atoms with van der Waals surface area (Å²) >= 11 is 2.03. The topological polar surface area (TPSA) is 35.5 Å². The standard InChI is InChI=1S/C11H16F3IO3/c1-3-17-10(16)7-4-8(15)9(5-7)18-6(2)11(12,13)14/h6-9H,3-5H2,1-2H3. The van der Waals surface area contributed by atoms with Crippen LogP contribution in [0.25, 0.3) is 0 Å². The first-order valence-electron chi connectivity index (χ1n) is 5.78. The number of carbonyl (C=O) groups is 1. The molecule has 1 saturated carbocycles. The summed E-state index contributed by atoms with van der Waals surface area (Å²) in [4.78, 5) is 11.5. The molecule has 0 aliphatic heterocycles. The van der Waals surface area contributed by atoms with Gasteiger partial charge < -0.3 is 9.47 Å². The van der Waals surface area contributed by atoms with Gasteiger partial charge in [0.2, 0.25) is 0 Å². The van der Waals surface area contributed by atoms with Gasteiger partial charge in [0.1, 0.15) is 0 Å². The van der Waals surface area contributed by atoms with Crippen molar-refractivity contribution in [3.05, 3.63) is 0 Å². The molecular weight excluding hydrogens is 364 g/mol. The van der Waals surface area contributed by atoms with Gasteiger partial charge in [-0.15, -0.1) is 0 Å². The molecule has 0 spiro atoms. The van der Waals surface area contributed by atoms with E-state index >= 15 is 0 Å². The van der Waals surface area contributed by atoms with Crippen LogP contribution in [0.4, 0.5) is 13.2 Å². The maximum absolute atomic E-state index is 12.4. The number of hydrogen-bond acceptors (Lipinski definition) is 3. The molecule has 0 radical (unpaired) electrons. The van der Waals surface area contributed by atoms with Crippen molar-refractivity contribution in [3.63, 3.8) is 0 Å². The van der Waals surface area contributed by atoms with Gasteiger partial charge in [-0.25, -0.2) is 0 Å². The van der Waals surface area contributed by atoms with E-state index in [4.69, 9.17) is 9.47 Å². The van der Waals surface area contributed by atoms with Crippen LogP contribution in [0.3, 0.4) is 0 Å². The minimum absolute atomic E-state index is 0.0955. The van der Waals surface area contributed by atoms with Crippen LogP contribution in [-0.2, 0) is 14.3 Å². The SMILES string of the molecule is CCOC(=O)C1CC(I)C(OC(C)C(F)(F)F)C1. The smallest absolute Gasteiger partial charge is 0.414 e. The zero-order valence-corrected chi connectivity index (χ0v) is 12.3. The van der Waals surface area contributed by atoms with Crippen LogP contribution in [0, 0.1) is 5.92 Å². The second kappa shape index (κ2) is 6.40. The first kappa shape index (κ1) is 16.0.